The van der Waals surface area contributed by atoms with Crippen LogP contribution < -0.4 is 9.64 Å². The third kappa shape index (κ3) is 6.47. The zero-order valence-electron chi connectivity index (χ0n) is 22.2. The zero-order valence-corrected chi connectivity index (χ0v) is 25.4. The third-order valence-electron chi connectivity index (χ3n) is 6.49. The van der Waals surface area contributed by atoms with Crippen molar-refractivity contribution in [2.75, 3.05) is 11.5 Å². The van der Waals surface area contributed by atoms with Gasteiger partial charge in [-0.1, -0.05) is 77.8 Å². The van der Waals surface area contributed by atoms with Gasteiger partial charge in [0.15, 0.2) is 4.34 Å². The van der Waals surface area contributed by atoms with Gasteiger partial charge in [-0.2, -0.15) is 0 Å². The summed E-state index contributed by atoms with van der Waals surface area (Å²) >= 11 is 14.8. The Morgan fingerprint density at radius 1 is 1.07 bits per heavy atom. The molecule has 1 aromatic heterocycles. The van der Waals surface area contributed by atoms with Crippen LogP contribution in [0.3, 0.4) is 0 Å². The van der Waals surface area contributed by atoms with Crippen molar-refractivity contribution in [3.05, 3.63) is 105 Å². The van der Waals surface area contributed by atoms with Crippen molar-refractivity contribution >= 4 is 68.9 Å². The number of Topliss-reactive ketones (excluding diaryl/α,β-unsaturated/α-hetero) is 1. The maximum atomic E-state index is 13.6. The first-order valence-electron chi connectivity index (χ1n) is 13.0. The number of carbonyl (C=O) groups excluding carboxylic acids is 2. The van der Waals surface area contributed by atoms with Crippen molar-refractivity contribution in [3.63, 3.8) is 0 Å². The minimum Gasteiger partial charge on any atom is -0.507 e. The average Bonchev–Trinajstić information content (AvgIpc) is 3.55. The molecular weight excluding hydrogens is 620 g/mol. The molecule has 2 heterocycles. The number of amides is 1. The number of anilines is 1. The van der Waals surface area contributed by atoms with Crippen molar-refractivity contribution < 1.29 is 23.8 Å². The predicted octanol–water partition coefficient (Wildman–Crippen LogP) is 8.08. The standard InChI is InChI=1S/C30H24Cl2FN3O4S2/c1-2-3-14-40-22-12-7-17(8-13-22)25-24(26(37)18-5-10-21(33)11-6-18)27(38)28(39)36(25)29-34-35-30(42-29)41-16-19-4-9-20(31)15-23(19)32/h4-13,15,25,37H,2-3,14,16H2,1H3/b26-24-. The molecule has 0 aliphatic carbocycles. The fourth-order valence-corrected chi connectivity index (χ4v) is 6.75. The summed E-state index contributed by atoms with van der Waals surface area (Å²) in [5.41, 5.74) is 1.47. The van der Waals surface area contributed by atoms with Gasteiger partial charge >= 0.3 is 5.91 Å². The van der Waals surface area contributed by atoms with Crippen LogP contribution in [0.1, 0.15) is 42.5 Å². The SMILES string of the molecule is CCCCOc1ccc(C2/C(=C(/O)c3ccc(F)cc3)C(=O)C(=O)N2c2nnc(SCc3ccc(Cl)cc3Cl)s2)cc1. The summed E-state index contributed by atoms with van der Waals surface area (Å²) in [6.07, 6.45) is 1.90. The number of aliphatic hydroxyl groups is 1. The molecule has 216 valence electrons. The van der Waals surface area contributed by atoms with E-state index in [9.17, 15) is 19.1 Å². The van der Waals surface area contributed by atoms with Gasteiger partial charge in [0.05, 0.1) is 18.2 Å². The molecule has 12 heteroatoms. The fourth-order valence-electron chi connectivity index (χ4n) is 4.33. The number of aliphatic hydroxyl groups excluding tert-OH is 1. The Morgan fingerprint density at radius 3 is 2.50 bits per heavy atom. The molecule has 42 heavy (non-hydrogen) atoms. The number of halogens is 3. The molecule has 0 spiro atoms. The molecule has 4 aromatic rings. The maximum Gasteiger partial charge on any atom is 0.301 e. The van der Waals surface area contributed by atoms with E-state index in [1.165, 1.54) is 40.9 Å². The molecule has 3 aromatic carbocycles. The highest BCUT2D eigenvalue weighted by Crippen LogP contribution is 2.44. The number of ketones is 1. The molecule has 1 fully saturated rings. The van der Waals surface area contributed by atoms with Crippen molar-refractivity contribution in [3.8, 4) is 5.75 Å². The van der Waals surface area contributed by atoms with Crippen LogP contribution in [0.15, 0.2) is 76.6 Å². The van der Waals surface area contributed by atoms with Crippen molar-refractivity contribution in [1.82, 2.24) is 10.2 Å². The van der Waals surface area contributed by atoms with Gasteiger partial charge in [-0.05, 0) is 66.1 Å². The van der Waals surface area contributed by atoms with Crippen molar-refractivity contribution in [2.24, 2.45) is 0 Å². The molecule has 1 atom stereocenters. The van der Waals surface area contributed by atoms with Crippen LogP contribution >= 0.6 is 46.3 Å². The fraction of sp³-hybridized carbons (Fsp3) is 0.200. The van der Waals surface area contributed by atoms with Gasteiger partial charge in [0.25, 0.3) is 5.78 Å². The van der Waals surface area contributed by atoms with Gasteiger partial charge in [0.1, 0.15) is 17.3 Å². The van der Waals surface area contributed by atoms with E-state index < -0.39 is 29.3 Å². The quantitative estimate of drug-likeness (QED) is 0.0466. The van der Waals surface area contributed by atoms with Crippen LogP contribution in [0.2, 0.25) is 10.0 Å². The summed E-state index contributed by atoms with van der Waals surface area (Å²) in [4.78, 5) is 28.1. The highest BCUT2D eigenvalue weighted by molar-refractivity contribution is 8.00. The average molecular weight is 645 g/mol. The Morgan fingerprint density at radius 2 is 1.81 bits per heavy atom. The molecule has 5 rings (SSSR count). The Balaban J connectivity index is 1.50. The summed E-state index contributed by atoms with van der Waals surface area (Å²) in [5.74, 6) is -1.54. The maximum absolute atomic E-state index is 13.6. The molecule has 1 N–H and O–H groups in total. The largest absolute Gasteiger partial charge is 0.507 e. The van der Waals surface area contributed by atoms with E-state index in [1.807, 2.05) is 6.07 Å². The van der Waals surface area contributed by atoms with Gasteiger partial charge in [-0.3, -0.25) is 14.5 Å². The Bertz CT molecular complexity index is 1650. The number of nitrogens with zero attached hydrogens (tertiary/aromatic N) is 3. The molecule has 0 saturated carbocycles. The third-order valence-corrected chi connectivity index (χ3v) is 9.18. The second kappa shape index (κ2) is 13.2. The minimum absolute atomic E-state index is 0.136. The van der Waals surface area contributed by atoms with Crippen molar-refractivity contribution in [1.29, 1.82) is 0 Å². The van der Waals surface area contributed by atoms with E-state index in [0.717, 1.165) is 29.7 Å². The highest BCUT2D eigenvalue weighted by Gasteiger charge is 2.48. The molecule has 0 radical (unpaired) electrons. The number of thioether (sulfide) groups is 1. The number of hydrogen-bond acceptors (Lipinski definition) is 8. The van der Waals surface area contributed by atoms with Crippen LogP contribution in [-0.4, -0.2) is 33.6 Å². The molecule has 0 bridgehead atoms. The van der Waals surface area contributed by atoms with Gasteiger partial charge in [-0.15, -0.1) is 10.2 Å². The van der Waals surface area contributed by atoms with Crippen LogP contribution in [0, 0.1) is 5.82 Å². The van der Waals surface area contributed by atoms with Gasteiger partial charge in [0.2, 0.25) is 5.13 Å². The molecule has 1 amide bonds. The molecule has 7 nitrogen and oxygen atoms in total. The topological polar surface area (TPSA) is 92.6 Å². The van der Waals surface area contributed by atoms with Crippen LogP contribution in [0.5, 0.6) is 5.75 Å². The van der Waals surface area contributed by atoms with Crippen LogP contribution in [0.4, 0.5) is 9.52 Å². The number of ether oxygens (including phenoxy) is 1. The lowest BCUT2D eigenvalue weighted by Crippen LogP contribution is -2.29. The summed E-state index contributed by atoms with van der Waals surface area (Å²) in [7, 11) is 0. The lowest BCUT2D eigenvalue weighted by atomic mass is 9.95. The lowest BCUT2D eigenvalue weighted by molar-refractivity contribution is -0.132. The smallest absolute Gasteiger partial charge is 0.301 e. The Kier molecular flexibility index (Phi) is 9.47. The molecule has 1 unspecified atom stereocenters. The van der Waals surface area contributed by atoms with E-state index in [4.69, 9.17) is 27.9 Å². The molecular formula is C30H24Cl2FN3O4S2. The van der Waals surface area contributed by atoms with Crippen LogP contribution in [-0.2, 0) is 15.3 Å². The Hall–Kier alpha value is -3.44. The van der Waals surface area contributed by atoms with E-state index >= 15 is 0 Å². The first-order chi connectivity index (χ1) is 20.3. The predicted molar refractivity (Wildman–Crippen MR) is 164 cm³/mol. The van der Waals surface area contributed by atoms with E-state index in [-0.39, 0.29) is 16.3 Å². The minimum atomic E-state index is -1.00. The number of benzene rings is 3. The lowest BCUT2D eigenvalue weighted by Gasteiger charge is -2.22. The molecule has 1 saturated heterocycles. The first kappa shape index (κ1) is 30.0. The highest BCUT2D eigenvalue weighted by atomic mass is 35.5. The van der Waals surface area contributed by atoms with Gasteiger partial charge in [-0.25, -0.2) is 4.39 Å². The second-order valence-corrected chi connectivity index (χ2v) is 12.3. The summed E-state index contributed by atoms with van der Waals surface area (Å²) in [6, 6.07) is 16.2. The number of carbonyl (C=O) groups is 2. The van der Waals surface area contributed by atoms with E-state index in [0.29, 0.717) is 38.1 Å². The second-order valence-electron chi connectivity index (χ2n) is 9.32. The zero-order chi connectivity index (χ0) is 29.8. The van der Waals surface area contributed by atoms with Crippen molar-refractivity contribution in [2.45, 2.75) is 35.9 Å². The number of unbranched alkanes of at least 4 members (excludes halogenated alkanes) is 1. The van der Waals surface area contributed by atoms with E-state index in [1.54, 1.807) is 36.4 Å². The first-order valence-corrected chi connectivity index (χ1v) is 15.5. The number of hydrogen-bond donors (Lipinski definition) is 1. The molecule has 1 aliphatic rings. The van der Waals surface area contributed by atoms with Crippen LogP contribution in [0.25, 0.3) is 5.76 Å². The van der Waals surface area contributed by atoms with E-state index in [2.05, 4.69) is 17.1 Å². The summed E-state index contributed by atoms with van der Waals surface area (Å²) < 4.78 is 19.9. The summed E-state index contributed by atoms with van der Waals surface area (Å²) in [5, 5.41) is 20.9. The normalized spacial score (nSPS) is 16.3. The van der Waals surface area contributed by atoms with Gasteiger partial charge in [0, 0.05) is 21.4 Å². The number of rotatable bonds is 10. The Labute approximate surface area is 259 Å². The summed E-state index contributed by atoms with van der Waals surface area (Å²) in [6.45, 7) is 2.63. The molecule has 1 aliphatic heterocycles. The van der Waals surface area contributed by atoms with Gasteiger partial charge < -0.3 is 9.84 Å². The number of aromatic nitrogens is 2. The monoisotopic (exact) mass is 643 g/mol.